The summed E-state index contributed by atoms with van der Waals surface area (Å²) < 4.78 is 5.26. The molecule has 60 valence electrons. The van der Waals surface area contributed by atoms with Gasteiger partial charge in [-0.15, -0.1) is 0 Å². The molecule has 0 aromatic carbocycles. The molecule has 0 bridgehead atoms. The molecule has 2 aliphatic heterocycles. The van der Waals surface area contributed by atoms with Crippen LogP contribution in [0.25, 0.3) is 0 Å². The molecule has 2 aliphatic rings. The van der Waals surface area contributed by atoms with Crippen LogP contribution in [0.3, 0.4) is 0 Å². The zero-order valence-electron chi connectivity index (χ0n) is 6.14. The molecule has 0 saturated carbocycles. The Morgan fingerprint density at radius 2 is 2.27 bits per heavy atom. The summed E-state index contributed by atoms with van der Waals surface area (Å²) in [5.41, 5.74) is 0.766. The molecule has 0 radical (unpaired) electrons. The number of ether oxygens (including phenoxy) is 1. The van der Waals surface area contributed by atoms with Crippen molar-refractivity contribution in [1.29, 1.82) is 0 Å². The van der Waals surface area contributed by atoms with Crippen molar-refractivity contribution in [2.75, 3.05) is 13.3 Å². The zero-order valence-corrected chi connectivity index (χ0v) is 6.14. The molecular formula is C7H10N2O2. The van der Waals surface area contributed by atoms with E-state index in [4.69, 9.17) is 4.74 Å². The van der Waals surface area contributed by atoms with Crippen LogP contribution in [0.15, 0.2) is 11.5 Å². The van der Waals surface area contributed by atoms with Gasteiger partial charge in [-0.1, -0.05) is 0 Å². The topological polar surface area (TPSA) is 50.4 Å². The summed E-state index contributed by atoms with van der Waals surface area (Å²) in [6, 6.07) is 0. The van der Waals surface area contributed by atoms with Gasteiger partial charge in [-0.3, -0.25) is 4.79 Å². The highest BCUT2D eigenvalue weighted by molar-refractivity contribution is 5.94. The number of amides is 1. The van der Waals surface area contributed by atoms with Crippen molar-refractivity contribution in [3.8, 4) is 0 Å². The molecule has 0 unspecified atom stereocenters. The van der Waals surface area contributed by atoms with Crippen molar-refractivity contribution >= 4 is 5.91 Å². The number of hydrogen-bond donors (Lipinski definition) is 2. The third-order valence-electron chi connectivity index (χ3n) is 1.86. The number of hydrogen-bond acceptors (Lipinski definition) is 3. The Kier molecular flexibility index (Phi) is 1.45. The largest absolute Gasteiger partial charge is 0.479 e. The fourth-order valence-corrected chi connectivity index (χ4v) is 1.31. The van der Waals surface area contributed by atoms with Crippen LogP contribution >= 0.6 is 0 Å². The van der Waals surface area contributed by atoms with E-state index in [1.807, 2.05) is 0 Å². The molecule has 4 nitrogen and oxygen atoms in total. The second-order valence-electron chi connectivity index (χ2n) is 2.62. The van der Waals surface area contributed by atoms with Crippen LogP contribution in [0.4, 0.5) is 0 Å². The van der Waals surface area contributed by atoms with Crippen LogP contribution in [-0.4, -0.2) is 19.2 Å². The molecule has 0 saturated heterocycles. The van der Waals surface area contributed by atoms with E-state index >= 15 is 0 Å². The Balaban J connectivity index is 2.27. The van der Waals surface area contributed by atoms with E-state index in [9.17, 15) is 4.79 Å². The lowest BCUT2D eigenvalue weighted by Crippen LogP contribution is -2.43. The normalized spacial score (nSPS) is 23.1. The third kappa shape index (κ3) is 1.04. The van der Waals surface area contributed by atoms with Crippen LogP contribution in [0.2, 0.25) is 0 Å². The first-order valence-electron chi connectivity index (χ1n) is 3.76. The summed E-state index contributed by atoms with van der Waals surface area (Å²) in [6.45, 7) is 1.21. The summed E-state index contributed by atoms with van der Waals surface area (Å²) in [5, 5.41) is 5.67. The lowest BCUT2D eigenvalue weighted by atomic mass is 10.1. The molecule has 0 aromatic rings. The number of carbonyl (C=O) groups excluding carboxylic acids is 1. The standard InChI is InChI=1S/C7H10N2O2/c10-6-5-2-1-3-11-7(5)9-4-8-6/h9H,1-4H2,(H,8,10). The van der Waals surface area contributed by atoms with Crippen LogP contribution in [0, 0.1) is 0 Å². The highest BCUT2D eigenvalue weighted by atomic mass is 16.5. The predicted molar refractivity (Wildman–Crippen MR) is 38.4 cm³/mol. The minimum atomic E-state index is 0.0125. The predicted octanol–water partition coefficient (Wildman–Crippen LogP) is -0.315. The van der Waals surface area contributed by atoms with Gasteiger partial charge in [-0.2, -0.15) is 0 Å². The average molecular weight is 154 g/mol. The number of carbonyl (C=O) groups is 1. The van der Waals surface area contributed by atoms with E-state index in [0.717, 1.165) is 25.0 Å². The molecule has 0 spiro atoms. The van der Waals surface area contributed by atoms with E-state index in [-0.39, 0.29) is 5.91 Å². The third-order valence-corrected chi connectivity index (χ3v) is 1.86. The highest BCUT2D eigenvalue weighted by Gasteiger charge is 2.23. The zero-order chi connectivity index (χ0) is 7.68. The Labute approximate surface area is 64.6 Å². The highest BCUT2D eigenvalue weighted by Crippen LogP contribution is 2.18. The van der Waals surface area contributed by atoms with E-state index in [1.165, 1.54) is 0 Å². The number of nitrogens with one attached hydrogen (secondary N) is 2. The Hall–Kier alpha value is -1.19. The minimum Gasteiger partial charge on any atom is -0.479 e. The van der Waals surface area contributed by atoms with Crippen molar-refractivity contribution < 1.29 is 9.53 Å². The molecule has 0 atom stereocenters. The molecule has 4 heteroatoms. The monoisotopic (exact) mass is 154 g/mol. The number of rotatable bonds is 0. The van der Waals surface area contributed by atoms with Crippen molar-refractivity contribution in [3.63, 3.8) is 0 Å². The van der Waals surface area contributed by atoms with Gasteiger partial charge in [0.25, 0.3) is 5.91 Å². The maximum atomic E-state index is 11.1. The van der Waals surface area contributed by atoms with Crippen LogP contribution in [0.1, 0.15) is 12.8 Å². The van der Waals surface area contributed by atoms with Crippen LogP contribution in [0.5, 0.6) is 0 Å². The molecule has 11 heavy (non-hydrogen) atoms. The average Bonchev–Trinajstić information content (AvgIpc) is 2.06. The molecule has 1 amide bonds. The first-order chi connectivity index (χ1) is 5.38. The van der Waals surface area contributed by atoms with Crippen molar-refractivity contribution in [1.82, 2.24) is 10.6 Å². The summed E-state index contributed by atoms with van der Waals surface area (Å²) in [5.74, 6) is 0.693. The molecule has 0 fully saturated rings. The van der Waals surface area contributed by atoms with Gasteiger partial charge in [-0.05, 0) is 12.8 Å². The molecular weight excluding hydrogens is 144 g/mol. The molecule has 0 aromatic heterocycles. The summed E-state index contributed by atoms with van der Waals surface area (Å²) in [6.07, 6.45) is 1.77. The Morgan fingerprint density at radius 3 is 3.09 bits per heavy atom. The molecule has 2 heterocycles. The van der Waals surface area contributed by atoms with Crippen LogP contribution < -0.4 is 10.6 Å². The molecule has 0 aliphatic carbocycles. The van der Waals surface area contributed by atoms with Crippen molar-refractivity contribution in [2.45, 2.75) is 12.8 Å². The van der Waals surface area contributed by atoms with Gasteiger partial charge in [-0.25, -0.2) is 0 Å². The lowest BCUT2D eigenvalue weighted by Gasteiger charge is -2.25. The smallest absolute Gasteiger partial charge is 0.253 e. The van der Waals surface area contributed by atoms with Gasteiger partial charge in [0, 0.05) is 0 Å². The van der Waals surface area contributed by atoms with E-state index < -0.39 is 0 Å². The minimum absolute atomic E-state index is 0.0125. The molecule has 2 rings (SSSR count). The maximum Gasteiger partial charge on any atom is 0.253 e. The molecule has 2 N–H and O–H groups in total. The maximum absolute atomic E-state index is 11.1. The Bertz CT molecular complexity index is 218. The van der Waals surface area contributed by atoms with Gasteiger partial charge in [0.1, 0.15) is 0 Å². The fraction of sp³-hybridized carbons (Fsp3) is 0.571. The van der Waals surface area contributed by atoms with Crippen molar-refractivity contribution in [2.24, 2.45) is 0 Å². The first-order valence-corrected chi connectivity index (χ1v) is 3.76. The fourth-order valence-electron chi connectivity index (χ4n) is 1.31. The van der Waals surface area contributed by atoms with Crippen molar-refractivity contribution in [3.05, 3.63) is 11.5 Å². The van der Waals surface area contributed by atoms with Gasteiger partial charge < -0.3 is 15.4 Å². The van der Waals surface area contributed by atoms with Crippen LogP contribution in [-0.2, 0) is 9.53 Å². The summed E-state index contributed by atoms with van der Waals surface area (Å²) in [4.78, 5) is 11.1. The second-order valence-corrected chi connectivity index (χ2v) is 2.62. The van der Waals surface area contributed by atoms with Gasteiger partial charge in [0.2, 0.25) is 0 Å². The van der Waals surface area contributed by atoms with E-state index in [0.29, 0.717) is 12.6 Å². The quantitative estimate of drug-likeness (QED) is 0.503. The van der Waals surface area contributed by atoms with E-state index in [2.05, 4.69) is 10.6 Å². The SMILES string of the molecule is O=C1NCNC2=C1CCCO2. The van der Waals surface area contributed by atoms with Gasteiger partial charge >= 0.3 is 0 Å². The summed E-state index contributed by atoms with van der Waals surface area (Å²) in [7, 11) is 0. The second kappa shape index (κ2) is 2.45. The van der Waals surface area contributed by atoms with E-state index in [1.54, 1.807) is 0 Å². The van der Waals surface area contributed by atoms with Gasteiger partial charge in [0.15, 0.2) is 5.88 Å². The van der Waals surface area contributed by atoms with Gasteiger partial charge in [0.05, 0.1) is 18.8 Å². The first kappa shape index (κ1) is 6.52. The Morgan fingerprint density at radius 1 is 1.36 bits per heavy atom. The lowest BCUT2D eigenvalue weighted by molar-refractivity contribution is -0.119. The summed E-state index contributed by atoms with van der Waals surface area (Å²) >= 11 is 0.